The number of aldehydes is 1. The lowest BCUT2D eigenvalue weighted by Crippen LogP contribution is -2.49. The second-order valence-corrected chi connectivity index (χ2v) is 11.1. The first-order chi connectivity index (χ1) is 22.6. The number of esters is 1. The molecule has 2 aliphatic heterocycles. The van der Waals surface area contributed by atoms with E-state index in [1.165, 1.54) is 0 Å². The summed E-state index contributed by atoms with van der Waals surface area (Å²) in [6, 6.07) is 11.4. The number of carbonyl (C=O) groups excluding carboxylic acids is 5. The molecule has 0 spiro atoms. The number of nitrogens with one attached hydrogen (secondary N) is 2. The third-order valence-corrected chi connectivity index (χ3v) is 8.18. The second kappa shape index (κ2) is 13.7. The number of benzene rings is 2. The minimum absolute atomic E-state index is 0.0497. The molecule has 0 radical (unpaired) electrons. The van der Waals surface area contributed by atoms with E-state index in [1.54, 1.807) is 55.5 Å². The molecule has 1 aromatic heterocycles. The molecule has 5 rings (SSSR count). The number of amides is 2. The topological polar surface area (TPSA) is 173 Å². The van der Waals surface area contributed by atoms with Crippen LogP contribution >= 0.6 is 0 Å². The van der Waals surface area contributed by atoms with Gasteiger partial charge in [-0.05, 0) is 60.4 Å². The van der Waals surface area contributed by atoms with E-state index in [0.29, 0.717) is 53.8 Å². The van der Waals surface area contributed by atoms with Crippen LogP contribution in [0.1, 0.15) is 42.7 Å². The maximum absolute atomic E-state index is 13.4. The third-order valence-electron chi connectivity index (χ3n) is 8.18. The van der Waals surface area contributed by atoms with Gasteiger partial charge in [0.05, 0.1) is 23.5 Å². The Morgan fingerprint density at radius 3 is 2.60 bits per heavy atom. The highest BCUT2D eigenvalue weighted by atomic mass is 16.7. The van der Waals surface area contributed by atoms with Crippen LogP contribution in [0.3, 0.4) is 0 Å². The van der Waals surface area contributed by atoms with Gasteiger partial charge in [0, 0.05) is 41.4 Å². The van der Waals surface area contributed by atoms with E-state index in [9.17, 15) is 29.1 Å². The standard InChI is InChI=1S/C34H34N4O9/c1-4-24-25-12-23(41)10-11-28(25)37-31-26(24)15-38(3)29(31)13-27-21(16-39)18-45-32(43)34(27,5-2)47-33(44)46-17-20-6-8-22(9-7-20)36-30(42)14-35-19-40/h6-13,16,19,41H,4-5,14-15,17-18H2,1-3H3,(H,35,40)(H,36,42)/b29-13-/t34-/m0/s1. The van der Waals surface area contributed by atoms with Gasteiger partial charge >= 0.3 is 12.1 Å². The summed E-state index contributed by atoms with van der Waals surface area (Å²) in [6.07, 6.45) is 2.14. The number of fused-ring (bicyclic) bond motifs is 2. The van der Waals surface area contributed by atoms with Gasteiger partial charge in [-0.3, -0.25) is 14.4 Å². The summed E-state index contributed by atoms with van der Waals surface area (Å²) in [7, 11) is 1.86. The van der Waals surface area contributed by atoms with Crippen molar-refractivity contribution >= 4 is 53.0 Å². The van der Waals surface area contributed by atoms with Crippen LogP contribution in [0.25, 0.3) is 16.6 Å². The molecule has 3 heterocycles. The Kier molecular flexibility index (Phi) is 9.54. The summed E-state index contributed by atoms with van der Waals surface area (Å²) in [4.78, 5) is 67.7. The molecular formula is C34H34N4O9. The van der Waals surface area contributed by atoms with Crippen LogP contribution in [0.4, 0.5) is 10.5 Å². The molecule has 0 bridgehead atoms. The van der Waals surface area contributed by atoms with E-state index >= 15 is 0 Å². The number of pyridine rings is 1. The first-order valence-electron chi connectivity index (χ1n) is 15.0. The zero-order chi connectivity index (χ0) is 33.7. The number of nitrogens with zero attached hydrogens (tertiary/aromatic N) is 2. The minimum Gasteiger partial charge on any atom is -0.508 e. The summed E-state index contributed by atoms with van der Waals surface area (Å²) < 4.78 is 16.4. The van der Waals surface area contributed by atoms with Gasteiger partial charge in [-0.15, -0.1) is 0 Å². The van der Waals surface area contributed by atoms with Gasteiger partial charge in [0.1, 0.15) is 25.2 Å². The number of hydrogen-bond donors (Lipinski definition) is 3. The first-order valence-corrected chi connectivity index (χ1v) is 15.0. The van der Waals surface area contributed by atoms with Gasteiger partial charge in [-0.25, -0.2) is 14.6 Å². The molecule has 13 heteroatoms. The summed E-state index contributed by atoms with van der Waals surface area (Å²) in [6.45, 7) is 3.47. The highest BCUT2D eigenvalue weighted by Gasteiger charge is 2.50. The minimum atomic E-state index is -1.97. The fraction of sp³-hybridized carbons (Fsp3) is 0.294. The Morgan fingerprint density at radius 1 is 1.15 bits per heavy atom. The number of hydrogen-bond acceptors (Lipinski definition) is 11. The molecule has 244 valence electrons. The zero-order valence-electron chi connectivity index (χ0n) is 26.1. The quantitative estimate of drug-likeness (QED) is 0.206. The number of ether oxygens (including phenoxy) is 3. The van der Waals surface area contributed by atoms with Crippen molar-refractivity contribution in [1.29, 1.82) is 0 Å². The lowest BCUT2D eigenvalue weighted by molar-refractivity contribution is -0.165. The molecule has 2 amide bonds. The molecule has 13 nitrogen and oxygen atoms in total. The maximum atomic E-state index is 13.4. The van der Waals surface area contributed by atoms with Gasteiger partial charge < -0.3 is 34.9 Å². The number of cyclic esters (lactones) is 1. The van der Waals surface area contributed by atoms with Crippen LogP contribution in [0, 0.1) is 0 Å². The van der Waals surface area contributed by atoms with Crippen molar-refractivity contribution in [3.63, 3.8) is 0 Å². The van der Waals surface area contributed by atoms with Crippen molar-refractivity contribution in [3.8, 4) is 5.75 Å². The molecule has 2 aliphatic rings. The molecule has 0 saturated carbocycles. The molecule has 0 aliphatic carbocycles. The SMILES string of the molecule is CCc1c2c(nc3ccc(O)cc13)/C(=C/C1=C(C=O)COC(=O)[C@@]1(CC)OC(=O)OCc1ccc(NC(=O)CNC=O)cc1)N(C)C2. The number of anilines is 1. The number of rotatable bonds is 11. The first kappa shape index (κ1) is 32.7. The van der Waals surface area contributed by atoms with Crippen molar-refractivity contribution in [2.75, 3.05) is 25.5 Å². The maximum Gasteiger partial charge on any atom is 0.510 e. The lowest BCUT2D eigenvalue weighted by Gasteiger charge is -2.35. The van der Waals surface area contributed by atoms with Crippen LogP contribution in [0.5, 0.6) is 5.75 Å². The van der Waals surface area contributed by atoms with E-state index in [2.05, 4.69) is 10.6 Å². The fourth-order valence-corrected chi connectivity index (χ4v) is 5.82. The summed E-state index contributed by atoms with van der Waals surface area (Å²) in [5.74, 6) is -1.11. The molecule has 0 unspecified atom stereocenters. The Bertz CT molecular complexity index is 1820. The summed E-state index contributed by atoms with van der Waals surface area (Å²) in [5.41, 5.74) is 3.32. The monoisotopic (exact) mass is 642 g/mol. The Labute approximate surface area is 270 Å². The highest BCUT2D eigenvalue weighted by Crippen LogP contribution is 2.41. The lowest BCUT2D eigenvalue weighted by atomic mass is 9.84. The molecule has 47 heavy (non-hydrogen) atoms. The van der Waals surface area contributed by atoms with Gasteiger partial charge in [-0.2, -0.15) is 0 Å². The van der Waals surface area contributed by atoms with Gasteiger partial charge in [0.15, 0.2) is 0 Å². The number of aryl methyl sites for hydroxylation is 1. The fourth-order valence-electron chi connectivity index (χ4n) is 5.82. The molecule has 0 saturated heterocycles. The zero-order valence-corrected chi connectivity index (χ0v) is 26.1. The number of phenolic OH excluding ortho intramolecular Hbond substituents is 1. The summed E-state index contributed by atoms with van der Waals surface area (Å²) in [5, 5.41) is 15.8. The largest absolute Gasteiger partial charge is 0.510 e. The Balaban J connectivity index is 1.42. The van der Waals surface area contributed by atoms with Crippen LogP contribution in [0.15, 0.2) is 59.7 Å². The molecule has 3 N–H and O–H groups in total. The van der Waals surface area contributed by atoms with Gasteiger partial charge in [-0.1, -0.05) is 26.0 Å². The van der Waals surface area contributed by atoms with Crippen molar-refractivity contribution < 1.29 is 43.3 Å². The number of aromatic hydroxyl groups is 1. The number of carbonyl (C=O) groups is 5. The number of phenols is 1. The molecule has 1 atom stereocenters. The average molecular weight is 643 g/mol. The third kappa shape index (κ3) is 6.50. The smallest absolute Gasteiger partial charge is 0.508 e. The van der Waals surface area contributed by atoms with Crippen molar-refractivity contribution in [1.82, 2.24) is 15.2 Å². The predicted octanol–water partition coefficient (Wildman–Crippen LogP) is 3.53. The van der Waals surface area contributed by atoms with Crippen molar-refractivity contribution in [2.45, 2.75) is 45.4 Å². The molecule has 3 aromatic rings. The van der Waals surface area contributed by atoms with E-state index in [0.717, 1.165) is 16.5 Å². The van der Waals surface area contributed by atoms with E-state index in [1.807, 2.05) is 18.9 Å². The highest BCUT2D eigenvalue weighted by molar-refractivity contribution is 5.95. The Morgan fingerprint density at radius 2 is 1.91 bits per heavy atom. The predicted molar refractivity (Wildman–Crippen MR) is 170 cm³/mol. The summed E-state index contributed by atoms with van der Waals surface area (Å²) >= 11 is 0. The van der Waals surface area contributed by atoms with E-state index in [-0.39, 0.29) is 43.1 Å². The number of aromatic nitrogens is 1. The van der Waals surface area contributed by atoms with Crippen molar-refractivity contribution in [2.24, 2.45) is 0 Å². The van der Waals surface area contributed by atoms with Gasteiger partial charge in [0.25, 0.3) is 0 Å². The molecule has 2 aromatic carbocycles. The van der Waals surface area contributed by atoms with Gasteiger partial charge in [0.2, 0.25) is 17.9 Å². The molecular weight excluding hydrogens is 608 g/mol. The van der Waals surface area contributed by atoms with Crippen molar-refractivity contribution in [3.05, 3.63) is 82.1 Å². The Hall–Kier alpha value is -5.72. The van der Waals surface area contributed by atoms with E-state index in [4.69, 9.17) is 19.2 Å². The second-order valence-electron chi connectivity index (χ2n) is 11.1. The van der Waals surface area contributed by atoms with Crippen LogP contribution in [-0.4, -0.2) is 71.5 Å². The average Bonchev–Trinajstić information content (AvgIpc) is 3.37. The van der Waals surface area contributed by atoms with E-state index < -0.39 is 23.6 Å². The van der Waals surface area contributed by atoms with Crippen LogP contribution < -0.4 is 10.6 Å². The van der Waals surface area contributed by atoms with Crippen LogP contribution in [-0.2, 0) is 53.0 Å². The normalized spacial score (nSPS) is 18.1. The van der Waals surface area contributed by atoms with Crippen LogP contribution in [0.2, 0.25) is 0 Å². The molecule has 0 fully saturated rings.